The zero-order chi connectivity index (χ0) is 28.9. The molecule has 8 heteroatoms. The van der Waals surface area contributed by atoms with Gasteiger partial charge in [-0.15, -0.1) is 0 Å². The van der Waals surface area contributed by atoms with Gasteiger partial charge in [0.15, 0.2) is 0 Å². The molecule has 1 unspecified atom stereocenters. The van der Waals surface area contributed by atoms with Gasteiger partial charge in [0.05, 0.1) is 5.52 Å². The molecule has 3 aromatic heterocycles. The van der Waals surface area contributed by atoms with Crippen molar-refractivity contribution in [2.45, 2.75) is 46.3 Å². The summed E-state index contributed by atoms with van der Waals surface area (Å²) in [6.45, 7) is 9.52. The van der Waals surface area contributed by atoms with Crippen LogP contribution in [0, 0.1) is 25.7 Å². The van der Waals surface area contributed by atoms with Gasteiger partial charge < -0.3 is 14.8 Å². The van der Waals surface area contributed by atoms with Gasteiger partial charge in [-0.2, -0.15) is 0 Å². The minimum absolute atomic E-state index is 0.156. The van der Waals surface area contributed by atoms with Crippen LogP contribution in [0.2, 0.25) is 0 Å². The van der Waals surface area contributed by atoms with E-state index in [4.69, 9.17) is 9.72 Å². The Hall–Kier alpha value is -4.77. The van der Waals surface area contributed by atoms with Crippen molar-refractivity contribution in [3.8, 4) is 23.0 Å². The van der Waals surface area contributed by atoms with E-state index in [1.165, 1.54) is 11.9 Å². The summed E-state index contributed by atoms with van der Waals surface area (Å²) in [5.41, 5.74) is 5.60. The SMILES string of the molecule is Cc1cncc(C)c1-c1ccc(NCC(C=O)N(C)C(=O)OC(C)(C)C)nc1C#Cc1ccc2ncccc2c1. The van der Waals surface area contributed by atoms with Crippen molar-refractivity contribution in [3.05, 3.63) is 83.4 Å². The molecule has 4 aromatic rings. The first-order chi connectivity index (χ1) is 19.1. The second kappa shape index (κ2) is 12.0. The number of benzene rings is 1. The van der Waals surface area contributed by atoms with Gasteiger partial charge >= 0.3 is 6.09 Å². The molecule has 40 heavy (non-hydrogen) atoms. The van der Waals surface area contributed by atoms with Crippen LogP contribution in [0.15, 0.2) is 61.1 Å². The highest BCUT2D eigenvalue weighted by atomic mass is 16.6. The lowest BCUT2D eigenvalue weighted by Gasteiger charge is -2.28. The van der Waals surface area contributed by atoms with E-state index >= 15 is 0 Å². The highest BCUT2D eigenvalue weighted by Crippen LogP contribution is 2.29. The molecule has 0 fully saturated rings. The quantitative estimate of drug-likeness (QED) is 0.255. The van der Waals surface area contributed by atoms with Crippen molar-refractivity contribution >= 4 is 29.1 Å². The number of likely N-dealkylation sites (N-methyl/N-ethyl adjacent to an activating group) is 1. The molecule has 0 bridgehead atoms. The maximum absolute atomic E-state index is 12.5. The summed E-state index contributed by atoms with van der Waals surface area (Å²) < 4.78 is 5.40. The molecule has 1 aromatic carbocycles. The number of fused-ring (bicyclic) bond motifs is 1. The lowest BCUT2D eigenvalue weighted by atomic mass is 9.96. The normalized spacial score (nSPS) is 11.8. The summed E-state index contributed by atoms with van der Waals surface area (Å²) in [4.78, 5) is 39.1. The van der Waals surface area contributed by atoms with E-state index < -0.39 is 17.7 Å². The Labute approximate surface area is 234 Å². The molecule has 4 rings (SSSR count). The van der Waals surface area contributed by atoms with Crippen molar-refractivity contribution in [3.63, 3.8) is 0 Å². The second-order valence-electron chi connectivity index (χ2n) is 10.6. The Morgan fingerprint density at radius 3 is 2.55 bits per heavy atom. The van der Waals surface area contributed by atoms with E-state index in [2.05, 4.69) is 27.1 Å². The zero-order valence-corrected chi connectivity index (χ0v) is 23.6. The first kappa shape index (κ1) is 28.2. The van der Waals surface area contributed by atoms with Crippen molar-refractivity contribution in [2.24, 2.45) is 0 Å². The topological polar surface area (TPSA) is 97.3 Å². The lowest BCUT2D eigenvalue weighted by molar-refractivity contribution is -0.111. The maximum Gasteiger partial charge on any atom is 0.410 e. The van der Waals surface area contributed by atoms with Gasteiger partial charge in [0.2, 0.25) is 0 Å². The van der Waals surface area contributed by atoms with Gasteiger partial charge in [-0.05, 0) is 93.6 Å². The fourth-order valence-corrected chi connectivity index (χ4v) is 4.22. The standard InChI is InChI=1S/C32H33N5O3/c1-21-17-33-18-22(2)30(21)26-11-14-29(35-19-25(20-38)37(6)31(39)40-32(3,4)5)36-28(26)13-10-23-9-12-27-24(16-23)8-7-15-34-27/h7-9,11-12,14-18,20,25H,19H2,1-6H3,(H,35,36). The molecule has 8 nitrogen and oxygen atoms in total. The van der Waals surface area contributed by atoms with Crippen molar-refractivity contribution < 1.29 is 14.3 Å². The van der Waals surface area contributed by atoms with Crippen molar-refractivity contribution in [1.29, 1.82) is 0 Å². The molecular weight excluding hydrogens is 502 g/mol. The van der Waals surface area contributed by atoms with Crippen molar-refractivity contribution in [1.82, 2.24) is 19.9 Å². The van der Waals surface area contributed by atoms with E-state index in [0.717, 1.165) is 38.7 Å². The first-order valence-corrected chi connectivity index (χ1v) is 13.0. The van der Waals surface area contributed by atoms with Gasteiger partial charge in [-0.1, -0.05) is 12.0 Å². The largest absolute Gasteiger partial charge is 0.444 e. The summed E-state index contributed by atoms with van der Waals surface area (Å²) in [7, 11) is 1.54. The maximum atomic E-state index is 12.5. The molecule has 204 valence electrons. The molecule has 3 heterocycles. The number of carbonyl (C=O) groups excluding carboxylic acids is 2. The molecule has 0 spiro atoms. The summed E-state index contributed by atoms with van der Waals surface area (Å²) in [6.07, 6.45) is 5.55. The zero-order valence-electron chi connectivity index (χ0n) is 23.6. The highest BCUT2D eigenvalue weighted by molar-refractivity contribution is 5.80. The third-order valence-electron chi connectivity index (χ3n) is 6.25. The lowest BCUT2D eigenvalue weighted by Crippen LogP contribution is -2.44. The van der Waals surface area contributed by atoms with E-state index in [1.807, 2.05) is 68.7 Å². The molecule has 0 saturated heterocycles. The second-order valence-corrected chi connectivity index (χ2v) is 10.6. The molecular formula is C32H33N5O3. The predicted octanol–water partition coefficient (Wildman–Crippen LogP) is 5.55. The van der Waals surface area contributed by atoms with Gasteiger partial charge in [-0.3, -0.25) is 14.9 Å². The van der Waals surface area contributed by atoms with Crippen LogP contribution in [0.5, 0.6) is 0 Å². The number of hydrogen-bond donors (Lipinski definition) is 1. The molecule has 0 aliphatic rings. The van der Waals surface area contributed by atoms with Crippen LogP contribution < -0.4 is 5.32 Å². The third kappa shape index (κ3) is 6.80. The van der Waals surface area contributed by atoms with Crippen LogP contribution in [0.1, 0.15) is 43.2 Å². The fourth-order valence-electron chi connectivity index (χ4n) is 4.22. The third-order valence-corrected chi connectivity index (χ3v) is 6.25. The van der Waals surface area contributed by atoms with E-state index in [9.17, 15) is 9.59 Å². The van der Waals surface area contributed by atoms with Crippen LogP contribution in [0.4, 0.5) is 10.6 Å². The number of nitrogens with one attached hydrogen (secondary N) is 1. The Balaban J connectivity index is 1.66. The van der Waals surface area contributed by atoms with E-state index in [0.29, 0.717) is 17.8 Å². The number of ether oxygens (including phenoxy) is 1. The van der Waals surface area contributed by atoms with Gasteiger partial charge in [-0.25, -0.2) is 9.78 Å². The van der Waals surface area contributed by atoms with Gasteiger partial charge in [0.25, 0.3) is 0 Å². The number of carbonyl (C=O) groups is 2. The highest BCUT2D eigenvalue weighted by Gasteiger charge is 2.25. The fraction of sp³-hybridized carbons (Fsp3) is 0.281. The van der Waals surface area contributed by atoms with Crippen LogP contribution in [-0.2, 0) is 9.53 Å². The average Bonchev–Trinajstić information content (AvgIpc) is 2.91. The number of hydrogen-bond acceptors (Lipinski definition) is 7. The molecule has 0 aliphatic carbocycles. The molecule has 0 radical (unpaired) electrons. The Morgan fingerprint density at radius 1 is 1.10 bits per heavy atom. The van der Waals surface area contributed by atoms with Crippen LogP contribution in [0.3, 0.4) is 0 Å². The monoisotopic (exact) mass is 535 g/mol. The minimum Gasteiger partial charge on any atom is -0.444 e. The van der Waals surface area contributed by atoms with Crippen LogP contribution in [0.25, 0.3) is 22.0 Å². The Kier molecular flexibility index (Phi) is 8.44. The number of aryl methyl sites for hydroxylation is 2. The smallest absolute Gasteiger partial charge is 0.410 e. The minimum atomic E-state index is -0.748. The molecule has 1 N–H and O–H groups in total. The van der Waals surface area contributed by atoms with Gasteiger partial charge in [0, 0.05) is 48.7 Å². The molecule has 1 atom stereocenters. The van der Waals surface area contributed by atoms with E-state index in [1.54, 1.807) is 27.0 Å². The number of rotatable bonds is 6. The molecule has 1 amide bonds. The summed E-state index contributed by atoms with van der Waals surface area (Å²) in [5, 5.41) is 4.19. The summed E-state index contributed by atoms with van der Waals surface area (Å²) >= 11 is 0. The Bertz CT molecular complexity index is 1590. The average molecular weight is 536 g/mol. The van der Waals surface area contributed by atoms with Crippen LogP contribution in [-0.4, -0.2) is 57.5 Å². The predicted molar refractivity (Wildman–Crippen MR) is 157 cm³/mol. The number of pyridine rings is 3. The summed E-state index contributed by atoms with van der Waals surface area (Å²) in [6, 6.07) is 12.9. The molecule has 0 aliphatic heterocycles. The number of aldehydes is 1. The number of amides is 1. The first-order valence-electron chi connectivity index (χ1n) is 13.0. The van der Waals surface area contributed by atoms with Gasteiger partial charge in [0.1, 0.15) is 29.4 Å². The number of anilines is 1. The summed E-state index contributed by atoms with van der Waals surface area (Å²) in [5.74, 6) is 7.04. The van der Waals surface area contributed by atoms with Crippen LogP contribution >= 0.6 is 0 Å². The molecule has 0 saturated carbocycles. The number of nitrogens with zero attached hydrogens (tertiary/aromatic N) is 4. The Morgan fingerprint density at radius 2 is 1.85 bits per heavy atom. The number of aromatic nitrogens is 3. The van der Waals surface area contributed by atoms with E-state index in [-0.39, 0.29) is 6.54 Å². The van der Waals surface area contributed by atoms with Crippen molar-refractivity contribution in [2.75, 3.05) is 18.9 Å².